The van der Waals surface area contributed by atoms with Gasteiger partial charge in [-0.15, -0.1) is 0 Å². The van der Waals surface area contributed by atoms with Crippen LogP contribution in [0, 0.1) is 0 Å². The first-order valence-corrected chi connectivity index (χ1v) is 8.09. The van der Waals surface area contributed by atoms with Crippen molar-refractivity contribution in [3.63, 3.8) is 0 Å². The van der Waals surface area contributed by atoms with Crippen LogP contribution in [0.25, 0.3) is 0 Å². The fourth-order valence-electron chi connectivity index (χ4n) is 2.48. The molecule has 0 fully saturated rings. The molecule has 3 nitrogen and oxygen atoms in total. The van der Waals surface area contributed by atoms with Gasteiger partial charge in [-0.1, -0.05) is 28.1 Å². The monoisotopic (exact) mass is 362 g/mol. The first-order chi connectivity index (χ1) is 10.1. The highest BCUT2D eigenvalue weighted by atomic mass is 79.9. The normalized spacial score (nSPS) is 13.6. The van der Waals surface area contributed by atoms with Gasteiger partial charge in [0.05, 0.1) is 5.56 Å². The van der Waals surface area contributed by atoms with Gasteiger partial charge in [0, 0.05) is 10.2 Å². The number of fused-ring (bicyclic) bond motifs is 1. The number of rotatable bonds is 3. The zero-order valence-electron chi connectivity index (χ0n) is 11.4. The molecule has 0 bridgehead atoms. The largest absolute Gasteiger partial charge is 0.438 e. The lowest BCUT2D eigenvalue weighted by Gasteiger charge is -2.18. The van der Waals surface area contributed by atoms with E-state index in [0.29, 0.717) is 16.4 Å². The third-order valence-electron chi connectivity index (χ3n) is 3.56. The van der Waals surface area contributed by atoms with Crippen molar-refractivity contribution in [3.05, 3.63) is 51.6 Å². The first kappa shape index (κ1) is 14.5. The van der Waals surface area contributed by atoms with Gasteiger partial charge in [-0.25, -0.2) is 4.98 Å². The third kappa shape index (κ3) is 3.24. The Hall–Kier alpha value is -1.46. The summed E-state index contributed by atoms with van der Waals surface area (Å²) in [6, 6.07) is 9.66. The summed E-state index contributed by atoms with van der Waals surface area (Å²) in [5, 5.41) is 0. The van der Waals surface area contributed by atoms with Crippen molar-refractivity contribution in [2.24, 2.45) is 5.73 Å². The van der Waals surface area contributed by atoms with E-state index in [1.165, 1.54) is 18.4 Å². The van der Waals surface area contributed by atoms with E-state index in [0.717, 1.165) is 28.8 Å². The molecule has 0 aliphatic heterocycles. The molecule has 108 valence electrons. The van der Waals surface area contributed by atoms with Crippen LogP contribution in [0.3, 0.4) is 0 Å². The number of nitrogens with zero attached hydrogens (tertiary/aromatic N) is 1. The summed E-state index contributed by atoms with van der Waals surface area (Å²) in [7, 11) is 0. The number of aryl methyl sites for hydroxylation is 2. The Balaban J connectivity index is 1.99. The summed E-state index contributed by atoms with van der Waals surface area (Å²) >= 11 is 8.55. The number of benzene rings is 1. The van der Waals surface area contributed by atoms with E-state index in [4.69, 9.17) is 22.7 Å². The van der Waals surface area contributed by atoms with Crippen molar-refractivity contribution < 1.29 is 4.74 Å². The second kappa shape index (κ2) is 6.12. The Kier molecular flexibility index (Phi) is 4.22. The van der Waals surface area contributed by atoms with Gasteiger partial charge >= 0.3 is 0 Å². The van der Waals surface area contributed by atoms with Gasteiger partial charge in [0.15, 0.2) is 0 Å². The van der Waals surface area contributed by atoms with Gasteiger partial charge in [0.25, 0.3) is 0 Å². The molecule has 0 spiro atoms. The second-order valence-electron chi connectivity index (χ2n) is 5.07. The molecule has 0 saturated carbocycles. The van der Waals surface area contributed by atoms with Crippen LogP contribution in [0.15, 0.2) is 34.8 Å². The van der Waals surface area contributed by atoms with Gasteiger partial charge in [0.2, 0.25) is 5.88 Å². The minimum absolute atomic E-state index is 0.322. The predicted octanol–water partition coefficient (Wildman–Crippen LogP) is 4.15. The number of halogens is 1. The Bertz CT molecular complexity index is 685. The molecule has 0 saturated heterocycles. The lowest BCUT2D eigenvalue weighted by molar-refractivity contribution is 0.457. The highest BCUT2D eigenvalue weighted by molar-refractivity contribution is 9.10. The van der Waals surface area contributed by atoms with Crippen LogP contribution >= 0.6 is 28.1 Å². The number of hydrogen-bond acceptors (Lipinski definition) is 3. The number of pyridine rings is 1. The van der Waals surface area contributed by atoms with Crippen LogP contribution in [-0.2, 0) is 12.8 Å². The zero-order valence-corrected chi connectivity index (χ0v) is 13.8. The summed E-state index contributed by atoms with van der Waals surface area (Å²) in [6.07, 6.45) is 4.39. The van der Waals surface area contributed by atoms with Gasteiger partial charge in [-0.2, -0.15) is 0 Å². The first-order valence-electron chi connectivity index (χ1n) is 6.89. The van der Waals surface area contributed by atoms with Crippen LogP contribution in [0.4, 0.5) is 0 Å². The molecule has 0 amide bonds. The molecule has 0 atom stereocenters. The summed E-state index contributed by atoms with van der Waals surface area (Å²) < 4.78 is 6.90. The lowest BCUT2D eigenvalue weighted by Crippen LogP contribution is -2.15. The maximum absolute atomic E-state index is 5.89. The maximum Gasteiger partial charge on any atom is 0.229 e. The molecule has 1 heterocycles. The van der Waals surface area contributed by atoms with Crippen LogP contribution in [0.5, 0.6) is 11.6 Å². The Morgan fingerprint density at radius 3 is 2.62 bits per heavy atom. The molecule has 1 aliphatic carbocycles. The molecular formula is C16H15BrN2OS. The molecule has 0 radical (unpaired) electrons. The van der Waals surface area contributed by atoms with Gasteiger partial charge in [0.1, 0.15) is 10.7 Å². The lowest BCUT2D eigenvalue weighted by atomic mass is 9.95. The minimum atomic E-state index is 0.322. The number of hydrogen-bond donors (Lipinski definition) is 1. The second-order valence-corrected chi connectivity index (χ2v) is 6.43. The van der Waals surface area contributed by atoms with E-state index in [1.807, 2.05) is 30.3 Å². The van der Waals surface area contributed by atoms with Crippen LogP contribution in [0.1, 0.15) is 29.7 Å². The Morgan fingerprint density at radius 1 is 1.19 bits per heavy atom. The molecule has 3 rings (SSSR count). The molecule has 21 heavy (non-hydrogen) atoms. The van der Waals surface area contributed by atoms with E-state index in [2.05, 4.69) is 20.9 Å². The SMILES string of the molecule is NC(=S)c1cc2c(nc1Oc1ccc(Br)cc1)CCCC2. The average molecular weight is 363 g/mol. The maximum atomic E-state index is 5.89. The van der Waals surface area contributed by atoms with Gasteiger partial charge in [-0.05, 0) is 61.6 Å². The van der Waals surface area contributed by atoms with E-state index in [9.17, 15) is 0 Å². The van der Waals surface area contributed by atoms with Crippen molar-refractivity contribution in [3.8, 4) is 11.6 Å². The number of nitrogens with two attached hydrogens (primary N) is 1. The molecule has 2 aromatic rings. The van der Waals surface area contributed by atoms with Crippen molar-refractivity contribution in [2.45, 2.75) is 25.7 Å². The predicted molar refractivity (Wildman–Crippen MR) is 91.0 cm³/mol. The zero-order chi connectivity index (χ0) is 14.8. The Labute approximate surface area is 137 Å². The molecule has 5 heteroatoms. The standard InChI is InChI=1S/C16H15BrN2OS/c17-11-5-7-12(8-6-11)20-16-13(15(18)21)9-10-3-1-2-4-14(10)19-16/h5-9H,1-4H2,(H2,18,21). The van der Waals surface area contributed by atoms with Crippen molar-refractivity contribution in [1.29, 1.82) is 0 Å². The fraction of sp³-hybridized carbons (Fsp3) is 0.250. The topological polar surface area (TPSA) is 48.1 Å². The van der Waals surface area contributed by atoms with E-state index < -0.39 is 0 Å². The molecule has 1 aromatic carbocycles. The van der Waals surface area contributed by atoms with E-state index >= 15 is 0 Å². The quantitative estimate of drug-likeness (QED) is 0.833. The summed E-state index contributed by atoms with van der Waals surface area (Å²) in [4.78, 5) is 4.97. The number of ether oxygens (including phenoxy) is 1. The van der Waals surface area contributed by atoms with E-state index in [-0.39, 0.29) is 0 Å². The fourth-order valence-corrected chi connectivity index (χ4v) is 2.89. The molecule has 1 aromatic heterocycles. The highest BCUT2D eigenvalue weighted by Crippen LogP contribution is 2.29. The number of thiocarbonyl (C=S) groups is 1. The van der Waals surface area contributed by atoms with Crippen molar-refractivity contribution in [2.75, 3.05) is 0 Å². The molecular weight excluding hydrogens is 348 g/mol. The highest BCUT2D eigenvalue weighted by Gasteiger charge is 2.17. The summed E-state index contributed by atoms with van der Waals surface area (Å²) in [6.45, 7) is 0. The number of aromatic nitrogens is 1. The molecule has 1 aliphatic rings. The van der Waals surface area contributed by atoms with Crippen LogP contribution < -0.4 is 10.5 Å². The summed E-state index contributed by atoms with van der Waals surface area (Å²) in [5.41, 5.74) is 8.89. The van der Waals surface area contributed by atoms with Crippen LogP contribution in [0.2, 0.25) is 0 Å². The molecule has 0 unspecified atom stereocenters. The summed E-state index contributed by atoms with van der Waals surface area (Å²) in [5.74, 6) is 1.23. The molecule has 2 N–H and O–H groups in total. The van der Waals surface area contributed by atoms with Gasteiger partial charge in [-0.3, -0.25) is 0 Å². The third-order valence-corrected chi connectivity index (χ3v) is 4.31. The van der Waals surface area contributed by atoms with Gasteiger partial charge < -0.3 is 10.5 Å². The van der Waals surface area contributed by atoms with Crippen LogP contribution in [-0.4, -0.2) is 9.97 Å². The van der Waals surface area contributed by atoms with Crippen molar-refractivity contribution >= 4 is 33.1 Å². The Morgan fingerprint density at radius 2 is 1.90 bits per heavy atom. The smallest absolute Gasteiger partial charge is 0.229 e. The minimum Gasteiger partial charge on any atom is -0.438 e. The average Bonchev–Trinajstić information content (AvgIpc) is 2.48. The van der Waals surface area contributed by atoms with E-state index in [1.54, 1.807) is 0 Å². The van der Waals surface area contributed by atoms with Crippen molar-refractivity contribution in [1.82, 2.24) is 4.98 Å².